The molecule has 0 aliphatic rings. The van der Waals surface area contributed by atoms with Crippen LogP contribution in [0.15, 0.2) is 29.1 Å². The number of carbonyl (C=O) groups is 1. The van der Waals surface area contributed by atoms with Crippen LogP contribution in [0, 0.1) is 5.82 Å². The second kappa shape index (κ2) is 5.58. The highest BCUT2D eigenvalue weighted by Crippen LogP contribution is 2.31. The number of aromatic amines is 1. The summed E-state index contributed by atoms with van der Waals surface area (Å²) in [5.41, 5.74) is -3.27. The molecule has 22 heavy (non-hydrogen) atoms. The fourth-order valence-corrected chi connectivity index (χ4v) is 1.85. The Hall–Kier alpha value is -2.71. The highest BCUT2D eigenvalue weighted by molar-refractivity contribution is 5.88. The first-order valence-electron chi connectivity index (χ1n) is 5.86. The molecule has 0 saturated heterocycles. The van der Waals surface area contributed by atoms with Gasteiger partial charge in [0.1, 0.15) is 5.82 Å². The minimum absolute atomic E-state index is 0.115. The number of rotatable bonds is 3. The number of alkyl halides is 3. The summed E-state index contributed by atoms with van der Waals surface area (Å²) in [6.07, 6.45) is -5.20. The monoisotopic (exact) mass is 316 g/mol. The van der Waals surface area contributed by atoms with Crippen LogP contribution in [0.1, 0.15) is 27.2 Å². The first kappa shape index (κ1) is 15.7. The molecule has 1 aromatic carbocycles. The van der Waals surface area contributed by atoms with Gasteiger partial charge in [0.15, 0.2) is 0 Å². The standard InChI is InChI=1S/C13H8F4N2O3/c14-9-2-1-6(3-7(9)12(21)22)4-10-8(13(15,16)17)5-11(20)19-18-10/h1-3,5H,4H2,(H,19,20)(H,21,22). The molecule has 0 atom stereocenters. The summed E-state index contributed by atoms with van der Waals surface area (Å²) in [6.45, 7) is 0. The zero-order valence-electron chi connectivity index (χ0n) is 10.7. The van der Waals surface area contributed by atoms with E-state index < -0.39 is 46.8 Å². The van der Waals surface area contributed by atoms with Crippen LogP contribution in [0.25, 0.3) is 0 Å². The lowest BCUT2D eigenvalue weighted by Gasteiger charge is -2.11. The minimum Gasteiger partial charge on any atom is -0.478 e. The van der Waals surface area contributed by atoms with Gasteiger partial charge in [-0.25, -0.2) is 14.3 Å². The van der Waals surface area contributed by atoms with Gasteiger partial charge in [-0.3, -0.25) is 4.79 Å². The fraction of sp³-hybridized carbons (Fsp3) is 0.154. The Labute approximate surface area is 120 Å². The van der Waals surface area contributed by atoms with E-state index in [4.69, 9.17) is 5.11 Å². The molecule has 2 rings (SSSR count). The molecule has 2 aromatic rings. The Bertz CT molecular complexity index is 784. The zero-order valence-corrected chi connectivity index (χ0v) is 10.7. The van der Waals surface area contributed by atoms with Crippen molar-refractivity contribution in [2.45, 2.75) is 12.6 Å². The molecule has 0 radical (unpaired) electrons. The molecule has 9 heteroatoms. The fourth-order valence-electron chi connectivity index (χ4n) is 1.85. The van der Waals surface area contributed by atoms with Crippen LogP contribution in [0.5, 0.6) is 0 Å². The normalized spacial score (nSPS) is 11.5. The average Bonchev–Trinajstić information content (AvgIpc) is 2.41. The average molecular weight is 316 g/mol. The largest absolute Gasteiger partial charge is 0.478 e. The lowest BCUT2D eigenvalue weighted by molar-refractivity contribution is -0.138. The van der Waals surface area contributed by atoms with Crippen LogP contribution in [-0.4, -0.2) is 21.3 Å². The lowest BCUT2D eigenvalue weighted by atomic mass is 10.0. The summed E-state index contributed by atoms with van der Waals surface area (Å²) < 4.78 is 51.8. The highest BCUT2D eigenvalue weighted by Gasteiger charge is 2.34. The van der Waals surface area contributed by atoms with E-state index in [1.807, 2.05) is 5.10 Å². The molecule has 0 amide bonds. The molecule has 0 saturated carbocycles. The smallest absolute Gasteiger partial charge is 0.418 e. The molecule has 0 unspecified atom stereocenters. The zero-order chi connectivity index (χ0) is 16.5. The third-order valence-electron chi connectivity index (χ3n) is 2.83. The number of nitrogens with one attached hydrogen (secondary N) is 1. The van der Waals surface area contributed by atoms with Gasteiger partial charge in [0, 0.05) is 12.5 Å². The summed E-state index contributed by atoms with van der Waals surface area (Å²) in [4.78, 5) is 21.8. The summed E-state index contributed by atoms with van der Waals surface area (Å²) in [5.74, 6) is -2.54. The molecule has 1 heterocycles. The van der Waals surface area contributed by atoms with Crippen LogP contribution in [-0.2, 0) is 12.6 Å². The van der Waals surface area contributed by atoms with Gasteiger partial charge in [-0.2, -0.15) is 18.3 Å². The second-order valence-electron chi connectivity index (χ2n) is 4.39. The van der Waals surface area contributed by atoms with Gasteiger partial charge in [-0.15, -0.1) is 0 Å². The number of hydrogen-bond acceptors (Lipinski definition) is 3. The van der Waals surface area contributed by atoms with Crippen molar-refractivity contribution in [2.24, 2.45) is 0 Å². The molecule has 116 valence electrons. The number of H-pyrrole nitrogens is 1. The minimum atomic E-state index is -4.79. The predicted octanol–water partition coefficient (Wildman–Crippen LogP) is 2.22. The van der Waals surface area contributed by atoms with Crippen LogP contribution in [0.4, 0.5) is 17.6 Å². The van der Waals surface area contributed by atoms with Crippen LogP contribution in [0.3, 0.4) is 0 Å². The summed E-state index contributed by atoms with van der Waals surface area (Å²) in [7, 11) is 0. The number of aromatic carboxylic acids is 1. The molecule has 5 nitrogen and oxygen atoms in total. The van der Waals surface area contributed by atoms with Crippen molar-refractivity contribution in [1.29, 1.82) is 0 Å². The molecule has 0 aliphatic heterocycles. The van der Waals surface area contributed by atoms with Crippen molar-refractivity contribution in [3.63, 3.8) is 0 Å². The van der Waals surface area contributed by atoms with E-state index in [0.717, 1.165) is 18.2 Å². The molecule has 1 aromatic heterocycles. The van der Waals surface area contributed by atoms with Crippen molar-refractivity contribution >= 4 is 5.97 Å². The highest BCUT2D eigenvalue weighted by atomic mass is 19.4. The Balaban J connectivity index is 2.46. The van der Waals surface area contributed by atoms with E-state index in [2.05, 4.69) is 5.10 Å². The van der Waals surface area contributed by atoms with E-state index in [-0.39, 0.29) is 5.56 Å². The van der Waals surface area contributed by atoms with Gasteiger partial charge in [0.25, 0.3) is 5.56 Å². The van der Waals surface area contributed by atoms with Gasteiger partial charge < -0.3 is 5.11 Å². The number of nitrogens with zero attached hydrogens (tertiary/aromatic N) is 1. The van der Waals surface area contributed by atoms with Gasteiger partial charge in [0.2, 0.25) is 0 Å². The number of benzene rings is 1. The van der Waals surface area contributed by atoms with Crippen LogP contribution < -0.4 is 5.56 Å². The molecule has 0 bridgehead atoms. The topological polar surface area (TPSA) is 83.0 Å². The number of hydrogen-bond donors (Lipinski definition) is 2. The SMILES string of the molecule is O=C(O)c1cc(Cc2n[nH]c(=O)cc2C(F)(F)F)ccc1F. The van der Waals surface area contributed by atoms with Crippen molar-refractivity contribution in [2.75, 3.05) is 0 Å². The van der Waals surface area contributed by atoms with Crippen LogP contribution in [0.2, 0.25) is 0 Å². The van der Waals surface area contributed by atoms with E-state index in [1.165, 1.54) is 0 Å². The third-order valence-corrected chi connectivity index (χ3v) is 2.83. The Kier molecular flexibility index (Phi) is 3.98. The molecule has 0 spiro atoms. The first-order chi connectivity index (χ1) is 10.2. The Morgan fingerprint density at radius 1 is 1.27 bits per heavy atom. The molecular formula is C13H8F4N2O3. The third kappa shape index (κ3) is 3.30. The van der Waals surface area contributed by atoms with Gasteiger partial charge in [-0.1, -0.05) is 6.07 Å². The van der Waals surface area contributed by atoms with Crippen molar-refractivity contribution < 1.29 is 27.5 Å². The van der Waals surface area contributed by atoms with E-state index in [1.54, 1.807) is 0 Å². The number of carboxylic acid groups (broad SMARTS) is 1. The maximum absolute atomic E-state index is 13.3. The molecular weight excluding hydrogens is 308 g/mol. The van der Waals surface area contributed by atoms with Crippen molar-refractivity contribution in [1.82, 2.24) is 10.2 Å². The second-order valence-corrected chi connectivity index (χ2v) is 4.39. The maximum atomic E-state index is 13.3. The summed E-state index contributed by atoms with van der Waals surface area (Å²) >= 11 is 0. The summed E-state index contributed by atoms with van der Waals surface area (Å²) in [5, 5.41) is 14.0. The van der Waals surface area contributed by atoms with E-state index in [9.17, 15) is 27.2 Å². The molecule has 2 N–H and O–H groups in total. The van der Waals surface area contributed by atoms with Crippen molar-refractivity contribution in [3.8, 4) is 0 Å². The van der Waals surface area contributed by atoms with Crippen molar-refractivity contribution in [3.05, 3.63) is 62.8 Å². The Morgan fingerprint density at radius 2 is 1.95 bits per heavy atom. The van der Waals surface area contributed by atoms with E-state index in [0.29, 0.717) is 6.07 Å². The first-order valence-corrected chi connectivity index (χ1v) is 5.86. The summed E-state index contributed by atoms with van der Waals surface area (Å²) in [6, 6.07) is 3.28. The van der Waals surface area contributed by atoms with Gasteiger partial charge >= 0.3 is 12.1 Å². The number of carboxylic acids is 1. The lowest BCUT2D eigenvalue weighted by Crippen LogP contribution is -2.19. The van der Waals surface area contributed by atoms with Gasteiger partial charge in [0.05, 0.1) is 16.8 Å². The van der Waals surface area contributed by atoms with E-state index >= 15 is 0 Å². The molecule has 0 aliphatic carbocycles. The maximum Gasteiger partial charge on any atom is 0.418 e. The van der Waals surface area contributed by atoms with Crippen LogP contribution >= 0.6 is 0 Å². The quantitative estimate of drug-likeness (QED) is 0.851. The Morgan fingerprint density at radius 3 is 2.55 bits per heavy atom. The molecule has 0 fully saturated rings. The number of halogens is 4. The predicted molar refractivity (Wildman–Crippen MR) is 66.0 cm³/mol. The van der Waals surface area contributed by atoms with Gasteiger partial charge in [-0.05, 0) is 17.7 Å². The number of aromatic nitrogens is 2.